The number of pyridine rings is 1. The van der Waals surface area contributed by atoms with Crippen molar-refractivity contribution < 1.29 is 0 Å². The predicted molar refractivity (Wildman–Crippen MR) is 60.4 cm³/mol. The van der Waals surface area contributed by atoms with Crippen molar-refractivity contribution in [2.45, 2.75) is 19.9 Å². The van der Waals surface area contributed by atoms with E-state index in [2.05, 4.69) is 28.7 Å². The highest BCUT2D eigenvalue weighted by Gasteiger charge is 2.01. The van der Waals surface area contributed by atoms with E-state index < -0.39 is 0 Å². The summed E-state index contributed by atoms with van der Waals surface area (Å²) in [5.41, 5.74) is 4.59. The number of hydrazine groups is 1. The first-order valence-corrected chi connectivity index (χ1v) is 4.86. The van der Waals surface area contributed by atoms with E-state index in [9.17, 15) is 0 Å². The topological polar surface area (TPSA) is 63.0 Å². The van der Waals surface area contributed by atoms with Gasteiger partial charge in [-0.15, -0.1) is 0 Å². The molecule has 0 aliphatic carbocycles. The second-order valence-corrected chi connectivity index (χ2v) is 3.20. The normalized spacial score (nSPS) is 9.57. The zero-order valence-corrected chi connectivity index (χ0v) is 8.90. The minimum absolute atomic E-state index is 0.428. The quantitative estimate of drug-likeness (QED) is 0.385. The summed E-state index contributed by atoms with van der Waals surface area (Å²) >= 11 is 4.86. The van der Waals surface area contributed by atoms with Crippen molar-refractivity contribution >= 4 is 17.3 Å². The molecule has 0 amide bonds. The van der Waals surface area contributed by atoms with Crippen LogP contribution in [0.2, 0.25) is 0 Å². The van der Waals surface area contributed by atoms with Gasteiger partial charge in [-0.3, -0.25) is 4.98 Å². The Morgan fingerprint density at radius 2 is 2.43 bits per heavy atom. The van der Waals surface area contributed by atoms with E-state index in [-0.39, 0.29) is 0 Å². The van der Waals surface area contributed by atoms with Crippen LogP contribution in [0, 0.1) is 0 Å². The zero-order chi connectivity index (χ0) is 10.4. The molecule has 0 unspecified atom stereocenters. The molecule has 1 aromatic heterocycles. The number of nitrogens with zero attached hydrogens (tertiary/aromatic N) is 1. The van der Waals surface area contributed by atoms with Gasteiger partial charge in [0.15, 0.2) is 5.11 Å². The minimum Gasteiger partial charge on any atom is -0.356 e. The number of rotatable bonds is 3. The van der Waals surface area contributed by atoms with E-state index in [1.807, 2.05) is 6.07 Å². The Kier molecular flexibility index (Phi) is 4.28. The summed E-state index contributed by atoms with van der Waals surface area (Å²) < 4.78 is 0. The van der Waals surface area contributed by atoms with Crippen LogP contribution in [-0.4, -0.2) is 10.1 Å². The van der Waals surface area contributed by atoms with E-state index in [1.165, 1.54) is 5.56 Å². The van der Waals surface area contributed by atoms with Gasteiger partial charge in [-0.1, -0.05) is 13.0 Å². The van der Waals surface area contributed by atoms with Gasteiger partial charge in [0.1, 0.15) is 0 Å². The van der Waals surface area contributed by atoms with Crippen LogP contribution in [0.3, 0.4) is 0 Å². The third-order valence-corrected chi connectivity index (χ3v) is 2.18. The van der Waals surface area contributed by atoms with Gasteiger partial charge in [-0.25, -0.2) is 5.84 Å². The first-order chi connectivity index (χ1) is 6.77. The summed E-state index contributed by atoms with van der Waals surface area (Å²) in [5.74, 6) is 5.13. The Balaban J connectivity index is 2.61. The molecule has 0 spiro atoms. The fourth-order valence-corrected chi connectivity index (χ4v) is 1.24. The first-order valence-electron chi connectivity index (χ1n) is 4.45. The largest absolute Gasteiger partial charge is 0.356 e. The molecule has 76 valence electrons. The van der Waals surface area contributed by atoms with Crippen molar-refractivity contribution in [3.63, 3.8) is 0 Å². The van der Waals surface area contributed by atoms with Gasteiger partial charge in [0.05, 0.1) is 12.2 Å². The van der Waals surface area contributed by atoms with E-state index in [4.69, 9.17) is 18.1 Å². The number of aryl methyl sites for hydroxylation is 1. The van der Waals surface area contributed by atoms with Gasteiger partial charge < -0.3 is 10.7 Å². The Morgan fingerprint density at radius 1 is 1.64 bits per heavy atom. The molecule has 4 nitrogen and oxygen atoms in total. The summed E-state index contributed by atoms with van der Waals surface area (Å²) in [7, 11) is 0. The molecule has 0 saturated carbocycles. The summed E-state index contributed by atoms with van der Waals surface area (Å²) in [6.45, 7) is 2.70. The molecular formula is C9H14N4S. The van der Waals surface area contributed by atoms with Crippen molar-refractivity contribution in [1.82, 2.24) is 15.7 Å². The zero-order valence-electron chi connectivity index (χ0n) is 8.08. The minimum atomic E-state index is 0.428. The van der Waals surface area contributed by atoms with E-state index >= 15 is 0 Å². The van der Waals surface area contributed by atoms with Crippen LogP contribution in [0.25, 0.3) is 0 Å². The summed E-state index contributed by atoms with van der Waals surface area (Å²) in [6, 6.07) is 3.99. The Morgan fingerprint density at radius 3 is 3.07 bits per heavy atom. The molecule has 14 heavy (non-hydrogen) atoms. The lowest BCUT2D eigenvalue weighted by Gasteiger charge is -2.08. The van der Waals surface area contributed by atoms with Crippen molar-refractivity contribution in [2.75, 3.05) is 0 Å². The highest BCUT2D eigenvalue weighted by atomic mass is 32.1. The Bertz CT molecular complexity index is 313. The third-order valence-electron chi connectivity index (χ3n) is 1.91. The van der Waals surface area contributed by atoms with Gasteiger partial charge in [0, 0.05) is 6.20 Å². The molecule has 1 aromatic rings. The van der Waals surface area contributed by atoms with Crippen LogP contribution in [0.15, 0.2) is 18.3 Å². The SMILES string of the molecule is CCc1cccnc1CNC(=S)NN. The average Bonchev–Trinajstić information content (AvgIpc) is 2.26. The van der Waals surface area contributed by atoms with Crippen LogP contribution in [0.5, 0.6) is 0 Å². The maximum atomic E-state index is 5.13. The molecule has 0 aromatic carbocycles. The fourth-order valence-electron chi connectivity index (χ4n) is 1.17. The maximum Gasteiger partial charge on any atom is 0.180 e. The molecule has 5 heteroatoms. The molecule has 4 N–H and O–H groups in total. The molecule has 0 bridgehead atoms. The van der Waals surface area contributed by atoms with Crippen molar-refractivity contribution in [1.29, 1.82) is 0 Å². The van der Waals surface area contributed by atoms with Crippen molar-refractivity contribution in [3.8, 4) is 0 Å². The van der Waals surface area contributed by atoms with E-state index in [0.717, 1.165) is 12.1 Å². The number of nitrogens with one attached hydrogen (secondary N) is 2. The Hall–Kier alpha value is -1.20. The van der Waals surface area contributed by atoms with Gasteiger partial charge in [-0.2, -0.15) is 0 Å². The average molecular weight is 210 g/mol. The third kappa shape index (κ3) is 2.93. The standard InChI is InChI=1S/C9H14N4S/c1-2-7-4-3-5-11-8(7)6-12-9(14)13-10/h3-5H,2,6,10H2,1H3,(H2,12,13,14). The second kappa shape index (κ2) is 5.51. The van der Waals surface area contributed by atoms with E-state index in [0.29, 0.717) is 11.7 Å². The molecule has 0 fully saturated rings. The lowest BCUT2D eigenvalue weighted by atomic mass is 10.1. The molecule has 0 saturated heterocycles. The summed E-state index contributed by atoms with van der Waals surface area (Å²) in [5, 5.41) is 3.38. The fraction of sp³-hybridized carbons (Fsp3) is 0.333. The predicted octanol–water partition coefficient (Wildman–Crippen LogP) is 0.482. The molecule has 1 rings (SSSR count). The Labute approximate surface area is 88.9 Å². The van der Waals surface area contributed by atoms with Gasteiger partial charge in [0.25, 0.3) is 0 Å². The van der Waals surface area contributed by atoms with Crippen molar-refractivity contribution in [3.05, 3.63) is 29.6 Å². The van der Waals surface area contributed by atoms with Crippen molar-refractivity contribution in [2.24, 2.45) is 5.84 Å². The number of thiocarbonyl (C=S) groups is 1. The maximum absolute atomic E-state index is 5.13. The number of aromatic nitrogens is 1. The smallest absolute Gasteiger partial charge is 0.180 e. The first kappa shape index (κ1) is 10.9. The highest BCUT2D eigenvalue weighted by molar-refractivity contribution is 7.80. The number of nitrogens with two attached hydrogens (primary N) is 1. The van der Waals surface area contributed by atoms with Crippen LogP contribution in [-0.2, 0) is 13.0 Å². The van der Waals surface area contributed by atoms with Crippen LogP contribution < -0.4 is 16.6 Å². The number of hydrogen-bond donors (Lipinski definition) is 3. The highest BCUT2D eigenvalue weighted by Crippen LogP contribution is 2.05. The van der Waals surface area contributed by atoms with Crippen LogP contribution in [0.4, 0.5) is 0 Å². The van der Waals surface area contributed by atoms with Gasteiger partial charge >= 0.3 is 0 Å². The number of hydrogen-bond acceptors (Lipinski definition) is 3. The molecular weight excluding hydrogens is 196 g/mol. The molecule has 0 aliphatic rings. The van der Waals surface area contributed by atoms with Gasteiger partial charge in [0.2, 0.25) is 0 Å². The molecule has 0 aliphatic heterocycles. The lowest BCUT2D eigenvalue weighted by Crippen LogP contribution is -2.39. The van der Waals surface area contributed by atoms with Crippen LogP contribution >= 0.6 is 12.2 Å². The second-order valence-electron chi connectivity index (χ2n) is 2.79. The summed E-state index contributed by atoms with van der Waals surface area (Å²) in [4.78, 5) is 4.27. The van der Waals surface area contributed by atoms with E-state index in [1.54, 1.807) is 6.20 Å². The molecule has 0 radical (unpaired) electrons. The summed E-state index contributed by atoms with van der Waals surface area (Å²) in [6.07, 6.45) is 2.74. The monoisotopic (exact) mass is 210 g/mol. The lowest BCUT2D eigenvalue weighted by molar-refractivity contribution is 0.822. The molecule has 1 heterocycles. The van der Waals surface area contributed by atoms with Crippen LogP contribution in [0.1, 0.15) is 18.2 Å². The van der Waals surface area contributed by atoms with Gasteiger partial charge in [-0.05, 0) is 30.3 Å². The molecule has 0 atom stereocenters.